The van der Waals surface area contributed by atoms with Gasteiger partial charge in [0.05, 0.1) is 25.5 Å². The molecular formula is C19H27N5O3. The van der Waals surface area contributed by atoms with Crippen LogP contribution in [0, 0.1) is 0 Å². The number of nitrogens with zero attached hydrogens (tertiary/aromatic N) is 4. The third kappa shape index (κ3) is 3.96. The van der Waals surface area contributed by atoms with Crippen LogP contribution in [0.4, 0.5) is 5.82 Å². The number of aromatic nitrogens is 3. The molecule has 8 heteroatoms. The maximum absolute atomic E-state index is 13.0. The lowest BCUT2D eigenvalue weighted by molar-refractivity contribution is -0.122. The summed E-state index contributed by atoms with van der Waals surface area (Å²) in [7, 11) is 3.27. The number of aromatic amines is 1. The molecule has 146 valence electrons. The number of hydrogen-bond donors (Lipinski definition) is 1. The zero-order valence-electron chi connectivity index (χ0n) is 16.3. The van der Waals surface area contributed by atoms with Crippen LogP contribution in [-0.2, 0) is 9.53 Å². The fourth-order valence-electron chi connectivity index (χ4n) is 3.47. The van der Waals surface area contributed by atoms with Gasteiger partial charge in [-0.1, -0.05) is 6.92 Å². The van der Waals surface area contributed by atoms with E-state index in [9.17, 15) is 4.79 Å². The van der Waals surface area contributed by atoms with Crippen LogP contribution in [0.2, 0.25) is 0 Å². The van der Waals surface area contributed by atoms with Crippen molar-refractivity contribution in [2.45, 2.75) is 32.4 Å². The van der Waals surface area contributed by atoms with Gasteiger partial charge in [-0.3, -0.25) is 19.7 Å². The van der Waals surface area contributed by atoms with Crippen molar-refractivity contribution in [1.82, 2.24) is 20.1 Å². The number of carbonyl (C=O) groups excluding carboxylic acids is 1. The lowest BCUT2D eigenvalue weighted by Crippen LogP contribution is -2.45. The molecule has 3 heterocycles. The summed E-state index contributed by atoms with van der Waals surface area (Å²) in [6, 6.07) is 3.63. The molecule has 2 atom stereocenters. The first kappa shape index (κ1) is 19.3. The molecule has 2 unspecified atom stereocenters. The number of anilines is 1. The molecule has 0 saturated carbocycles. The van der Waals surface area contributed by atoms with Crippen LogP contribution in [0.1, 0.15) is 20.3 Å². The van der Waals surface area contributed by atoms with E-state index in [4.69, 9.17) is 9.47 Å². The molecular weight excluding hydrogens is 346 g/mol. The molecule has 2 aromatic heterocycles. The summed E-state index contributed by atoms with van der Waals surface area (Å²) in [6.07, 6.45) is 4.36. The molecule has 1 aliphatic rings. The number of methoxy groups -OCH3 is 2. The van der Waals surface area contributed by atoms with E-state index in [0.29, 0.717) is 18.2 Å². The zero-order chi connectivity index (χ0) is 19.4. The van der Waals surface area contributed by atoms with Crippen molar-refractivity contribution in [3.05, 3.63) is 24.5 Å². The molecule has 0 spiro atoms. The van der Waals surface area contributed by atoms with Crippen LogP contribution in [-0.4, -0.2) is 72.0 Å². The predicted octanol–water partition coefficient (Wildman–Crippen LogP) is 1.94. The van der Waals surface area contributed by atoms with Gasteiger partial charge in [0.2, 0.25) is 11.8 Å². The highest BCUT2D eigenvalue weighted by molar-refractivity contribution is 5.98. The minimum absolute atomic E-state index is 0.0748. The highest BCUT2D eigenvalue weighted by Crippen LogP contribution is 2.31. The zero-order valence-corrected chi connectivity index (χ0v) is 16.3. The number of ether oxygens (including phenoxy) is 2. The van der Waals surface area contributed by atoms with E-state index < -0.39 is 0 Å². The van der Waals surface area contributed by atoms with E-state index >= 15 is 0 Å². The first-order chi connectivity index (χ1) is 13.1. The molecule has 0 radical (unpaired) electrons. The first-order valence-electron chi connectivity index (χ1n) is 9.21. The van der Waals surface area contributed by atoms with Crippen molar-refractivity contribution in [3.8, 4) is 17.0 Å². The van der Waals surface area contributed by atoms with Crippen molar-refractivity contribution in [2.24, 2.45) is 0 Å². The SMILES string of the molecule is CCN(CC(C)OC)C1CCN(c2ccc(-c3cn[nH]c3)c(OC)n2)C1=O. The summed E-state index contributed by atoms with van der Waals surface area (Å²) in [5.74, 6) is 1.17. The third-order valence-electron chi connectivity index (χ3n) is 5.04. The molecule has 1 amide bonds. The Bertz CT molecular complexity index is 765. The van der Waals surface area contributed by atoms with Gasteiger partial charge in [0, 0.05) is 37.5 Å². The largest absolute Gasteiger partial charge is 0.480 e. The van der Waals surface area contributed by atoms with Crippen LogP contribution < -0.4 is 9.64 Å². The first-order valence-corrected chi connectivity index (χ1v) is 9.21. The van der Waals surface area contributed by atoms with Gasteiger partial charge in [-0.15, -0.1) is 0 Å². The number of rotatable bonds is 8. The van der Waals surface area contributed by atoms with Crippen LogP contribution in [0.5, 0.6) is 5.88 Å². The fourth-order valence-corrected chi connectivity index (χ4v) is 3.47. The molecule has 0 bridgehead atoms. The Morgan fingerprint density at radius 2 is 2.22 bits per heavy atom. The monoisotopic (exact) mass is 373 g/mol. The van der Waals surface area contributed by atoms with E-state index in [-0.39, 0.29) is 18.1 Å². The third-order valence-corrected chi connectivity index (χ3v) is 5.04. The molecule has 27 heavy (non-hydrogen) atoms. The summed E-state index contributed by atoms with van der Waals surface area (Å²) in [5, 5.41) is 6.75. The standard InChI is InChI=1S/C19H27N5O3/c1-5-23(12-13(2)26-3)16-8-9-24(19(16)25)17-7-6-15(18(22-17)27-4)14-10-20-21-11-14/h6-7,10-11,13,16H,5,8-9,12H2,1-4H3,(H,20,21). The predicted molar refractivity (Wildman–Crippen MR) is 103 cm³/mol. The molecule has 1 aliphatic heterocycles. The Morgan fingerprint density at radius 3 is 2.85 bits per heavy atom. The summed E-state index contributed by atoms with van der Waals surface area (Å²) in [5.41, 5.74) is 1.73. The number of hydrogen-bond acceptors (Lipinski definition) is 6. The quantitative estimate of drug-likeness (QED) is 0.761. The highest BCUT2D eigenvalue weighted by atomic mass is 16.5. The molecule has 3 rings (SSSR count). The normalized spacial score (nSPS) is 18.3. The average molecular weight is 373 g/mol. The topological polar surface area (TPSA) is 83.6 Å². The molecule has 1 saturated heterocycles. The second-order valence-electron chi connectivity index (χ2n) is 6.64. The molecule has 8 nitrogen and oxygen atoms in total. The van der Waals surface area contributed by atoms with Crippen LogP contribution in [0.3, 0.4) is 0 Å². The molecule has 0 aliphatic carbocycles. The highest BCUT2D eigenvalue weighted by Gasteiger charge is 2.37. The lowest BCUT2D eigenvalue weighted by atomic mass is 10.1. The second-order valence-corrected chi connectivity index (χ2v) is 6.64. The van der Waals surface area contributed by atoms with Gasteiger partial charge in [0.25, 0.3) is 0 Å². The molecule has 2 aromatic rings. The molecule has 1 fully saturated rings. The van der Waals surface area contributed by atoms with Crippen LogP contribution in [0.25, 0.3) is 11.1 Å². The second kappa shape index (κ2) is 8.49. The number of H-pyrrole nitrogens is 1. The van der Waals surface area contributed by atoms with Gasteiger partial charge in [-0.2, -0.15) is 10.1 Å². The van der Waals surface area contributed by atoms with Gasteiger partial charge in [-0.25, -0.2) is 0 Å². The van der Waals surface area contributed by atoms with Crippen molar-refractivity contribution >= 4 is 11.7 Å². The van der Waals surface area contributed by atoms with E-state index in [1.807, 2.05) is 19.1 Å². The molecule has 1 N–H and O–H groups in total. The Balaban J connectivity index is 1.80. The fraction of sp³-hybridized carbons (Fsp3) is 0.526. The van der Waals surface area contributed by atoms with Gasteiger partial charge < -0.3 is 9.47 Å². The lowest BCUT2D eigenvalue weighted by Gasteiger charge is -2.28. The van der Waals surface area contributed by atoms with E-state index in [0.717, 1.165) is 30.6 Å². The number of carbonyl (C=O) groups is 1. The van der Waals surface area contributed by atoms with E-state index in [2.05, 4.69) is 27.0 Å². The van der Waals surface area contributed by atoms with Gasteiger partial charge >= 0.3 is 0 Å². The number of nitrogens with one attached hydrogen (secondary N) is 1. The maximum atomic E-state index is 13.0. The summed E-state index contributed by atoms with van der Waals surface area (Å²) in [6.45, 7) is 6.25. The van der Waals surface area contributed by atoms with Crippen LogP contribution in [0.15, 0.2) is 24.5 Å². The summed E-state index contributed by atoms with van der Waals surface area (Å²) in [4.78, 5) is 21.5. The Morgan fingerprint density at radius 1 is 1.41 bits per heavy atom. The van der Waals surface area contributed by atoms with Gasteiger partial charge in [0.15, 0.2) is 0 Å². The van der Waals surface area contributed by atoms with Crippen LogP contribution >= 0.6 is 0 Å². The number of amides is 1. The smallest absolute Gasteiger partial charge is 0.245 e. The molecule has 0 aromatic carbocycles. The number of pyridine rings is 1. The van der Waals surface area contributed by atoms with Crippen molar-refractivity contribution < 1.29 is 14.3 Å². The minimum atomic E-state index is -0.144. The Labute approximate surface area is 159 Å². The van der Waals surface area contributed by atoms with E-state index in [1.54, 1.807) is 31.5 Å². The Hall–Kier alpha value is -2.45. The van der Waals surface area contributed by atoms with Crippen molar-refractivity contribution in [3.63, 3.8) is 0 Å². The average Bonchev–Trinajstić information content (AvgIpc) is 3.35. The maximum Gasteiger partial charge on any atom is 0.245 e. The van der Waals surface area contributed by atoms with Gasteiger partial charge in [-0.05, 0) is 32.0 Å². The Kier molecular flexibility index (Phi) is 6.08. The van der Waals surface area contributed by atoms with Crippen molar-refractivity contribution in [2.75, 3.05) is 38.8 Å². The van der Waals surface area contributed by atoms with E-state index in [1.165, 1.54) is 0 Å². The van der Waals surface area contributed by atoms with Crippen molar-refractivity contribution in [1.29, 1.82) is 0 Å². The summed E-state index contributed by atoms with van der Waals surface area (Å²) >= 11 is 0. The van der Waals surface area contributed by atoms with Gasteiger partial charge in [0.1, 0.15) is 5.82 Å². The number of likely N-dealkylation sites (N-methyl/N-ethyl adjacent to an activating group) is 1. The minimum Gasteiger partial charge on any atom is -0.480 e. The summed E-state index contributed by atoms with van der Waals surface area (Å²) < 4.78 is 10.8.